The topological polar surface area (TPSA) is 24.4 Å². The van der Waals surface area contributed by atoms with Gasteiger partial charge >= 0.3 is 0 Å². The van der Waals surface area contributed by atoms with Crippen LogP contribution in [0.15, 0.2) is 23.2 Å². The number of aliphatic imine (C=N–C) groups is 1. The Labute approximate surface area is 96.9 Å². The minimum Gasteiger partial charge on any atom is -0.334 e. The van der Waals surface area contributed by atoms with Gasteiger partial charge in [0.15, 0.2) is 5.17 Å². The fourth-order valence-corrected chi connectivity index (χ4v) is 2.37. The summed E-state index contributed by atoms with van der Waals surface area (Å²) in [5, 5.41) is 4.30. The van der Waals surface area contributed by atoms with Crippen LogP contribution in [0.1, 0.15) is 6.92 Å². The Morgan fingerprint density at radius 3 is 3.00 bits per heavy atom. The maximum atomic E-state index is 12.8. The van der Waals surface area contributed by atoms with E-state index in [1.165, 1.54) is 12.1 Å². The van der Waals surface area contributed by atoms with Crippen LogP contribution >= 0.6 is 23.4 Å². The molecule has 1 aromatic carbocycles. The highest BCUT2D eigenvalue weighted by Gasteiger charge is 2.14. The fourth-order valence-electron chi connectivity index (χ4n) is 1.25. The third-order valence-electron chi connectivity index (χ3n) is 1.97. The van der Waals surface area contributed by atoms with Gasteiger partial charge in [0.25, 0.3) is 0 Å². The summed E-state index contributed by atoms with van der Waals surface area (Å²) in [6.45, 7) is 2.05. The normalized spacial score (nSPS) is 20.2. The van der Waals surface area contributed by atoms with Crippen molar-refractivity contribution in [2.24, 2.45) is 4.99 Å². The van der Waals surface area contributed by atoms with Crippen LogP contribution in [0.2, 0.25) is 5.02 Å². The summed E-state index contributed by atoms with van der Waals surface area (Å²) in [6.07, 6.45) is 0. The SMILES string of the molecule is CC1CSC(Nc2ccc(F)cc2Cl)=N1. The van der Waals surface area contributed by atoms with Gasteiger partial charge in [0.05, 0.1) is 16.8 Å². The molecular weight excluding hydrogens is 235 g/mol. The summed E-state index contributed by atoms with van der Waals surface area (Å²) in [5.74, 6) is 0.640. The molecule has 1 heterocycles. The number of thioether (sulfide) groups is 1. The molecule has 0 aliphatic carbocycles. The Morgan fingerprint density at radius 1 is 1.60 bits per heavy atom. The van der Waals surface area contributed by atoms with E-state index in [4.69, 9.17) is 11.6 Å². The lowest BCUT2D eigenvalue weighted by molar-refractivity contribution is 0.628. The number of benzene rings is 1. The number of amidine groups is 1. The highest BCUT2D eigenvalue weighted by Crippen LogP contribution is 2.26. The molecule has 0 saturated heterocycles. The van der Waals surface area contributed by atoms with Crippen molar-refractivity contribution in [1.29, 1.82) is 0 Å². The van der Waals surface area contributed by atoms with Gasteiger partial charge in [-0.1, -0.05) is 23.4 Å². The Kier molecular flexibility index (Phi) is 3.17. The highest BCUT2D eigenvalue weighted by atomic mass is 35.5. The number of hydrogen-bond acceptors (Lipinski definition) is 3. The predicted octanol–water partition coefficient (Wildman–Crippen LogP) is 3.38. The monoisotopic (exact) mass is 244 g/mol. The number of rotatable bonds is 1. The molecule has 0 aromatic heterocycles. The van der Waals surface area contributed by atoms with Crippen molar-refractivity contribution in [1.82, 2.24) is 0 Å². The van der Waals surface area contributed by atoms with Gasteiger partial charge < -0.3 is 5.32 Å². The summed E-state index contributed by atoms with van der Waals surface area (Å²) < 4.78 is 12.8. The molecule has 0 radical (unpaired) electrons. The van der Waals surface area contributed by atoms with Crippen LogP contribution in [0, 0.1) is 5.82 Å². The van der Waals surface area contributed by atoms with Crippen LogP contribution in [0.3, 0.4) is 0 Å². The molecule has 1 aromatic rings. The minimum absolute atomic E-state index is 0.330. The minimum atomic E-state index is -0.333. The molecular formula is C10H10ClFN2S. The van der Waals surface area contributed by atoms with Gasteiger partial charge in [-0.3, -0.25) is 4.99 Å². The molecule has 80 valence electrons. The number of hydrogen-bond donors (Lipinski definition) is 1. The second-order valence-electron chi connectivity index (χ2n) is 3.34. The largest absolute Gasteiger partial charge is 0.334 e. The van der Waals surface area contributed by atoms with Gasteiger partial charge in [-0.25, -0.2) is 4.39 Å². The van der Waals surface area contributed by atoms with Crippen LogP contribution < -0.4 is 5.32 Å². The number of anilines is 1. The van der Waals surface area contributed by atoms with Crippen molar-refractivity contribution < 1.29 is 4.39 Å². The molecule has 2 rings (SSSR count). The van der Waals surface area contributed by atoms with Crippen molar-refractivity contribution in [2.75, 3.05) is 11.1 Å². The Hall–Kier alpha value is -0.740. The van der Waals surface area contributed by atoms with Crippen LogP contribution in [0.5, 0.6) is 0 Å². The average molecular weight is 245 g/mol. The first-order chi connectivity index (χ1) is 7.15. The predicted molar refractivity (Wildman–Crippen MR) is 64.4 cm³/mol. The first kappa shape index (κ1) is 10.8. The number of nitrogens with zero attached hydrogens (tertiary/aromatic N) is 1. The molecule has 0 amide bonds. The van der Waals surface area contributed by atoms with Crippen LogP contribution in [0.4, 0.5) is 10.1 Å². The molecule has 1 aliphatic rings. The van der Waals surface area contributed by atoms with E-state index in [2.05, 4.69) is 10.3 Å². The molecule has 5 heteroatoms. The van der Waals surface area contributed by atoms with E-state index in [1.54, 1.807) is 17.8 Å². The first-order valence-electron chi connectivity index (χ1n) is 4.58. The molecule has 2 nitrogen and oxygen atoms in total. The van der Waals surface area contributed by atoms with Gasteiger partial charge in [0, 0.05) is 5.75 Å². The molecule has 0 fully saturated rings. The van der Waals surface area contributed by atoms with Crippen molar-refractivity contribution in [3.63, 3.8) is 0 Å². The van der Waals surface area contributed by atoms with E-state index < -0.39 is 0 Å². The van der Waals surface area contributed by atoms with E-state index in [9.17, 15) is 4.39 Å². The Bertz CT molecular complexity index is 408. The smallest absolute Gasteiger partial charge is 0.161 e. The summed E-state index contributed by atoms with van der Waals surface area (Å²) in [7, 11) is 0. The van der Waals surface area contributed by atoms with Crippen LogP contribution in [0.25, 0.3) is 0 Å². The molecule has 15 heavy (non-hydrogen) atoms. The summed E-state index contributed by atoms with van der Waals surface area (Å²) in [6, 6.07) is 4.60. The van der Waals surface area contributed by atoms with E-state index >= 15 is 0 Å². The zero-order chi connectivity index (χ0) is 10.8. The van der Waals surface area contributed by atoms with Crippen molar-refractivity contribution in [2.45, 2.75) is 13.0 Å². The third-order valence-corrected chi connectivity index (χ3v) is 3.41. The van der Waals surface area contributed by atoms with Crippen molar-refractivity contribution in [3.8, 4) is 0 Å². The molecule has 0 bridgehead atoms. The molecule has 1 aliphatic heterocycles. The summed E-state index contributed by atoms with van der Waals surface area (Å²) in [4.78, 5) is 4.36. The van der Waals surface area contributed by atoms with Crippen molar-refractivity contribution in [3.05, 3.63) is 29.0 Å². The lowest BCUT2D eigenvalue weighted by atomic mass is 10.3. The molecule has 1 N–H and O–H groups in total. The first-order valence-corrected chi connectivity index (χ1v) is 5.94. The Morgan fingerprint density at radius 2 is 2.40 bits per heavy atom. The van der Waals surface area contributed by atoms with E-state index in [1.807, 2.05) is 6.92 Å². The van der Waals surface area contributed by atoms with E-state index in [-0.39, 0.29) is 5.82 Å². The maximum Gasteiger partial charge on any atom is 0.161 e. The summed E-state index contributed by atoms with van der Waals surface area (Å²) in [5.41, 5.74) is 0.693. The molecule has 0 saturated carbocycles. The second-order valence-corrected chi connectivity index (χ2v) is 4.76. The second kappa shape index (κ2) is 4.41. The average Bonchev–Trinajstić information content (AvgIpc) is 2.56. The fraction of sp³-hybridized carbons (Fsp3) is 0.300. The molecule has 1 unspecified atom stereocenters. The van der Waals surface area contributed by atoms with E-state index in [0.29, 0.717) is 16.8 Å². The number of nitrogens with one attached hydrogen (secondary N) is 1. The standard InChI is InChI=1S/C10H10ClFN2S/c1-6-5-15-10(13-6)14-9-3-2-7(12)4-8(9)11/h2-4,6H,5H2,1H3,(H,13,14). The van der Waals surface area contributed by atoms with Gasteiger partial charge in [0.2, 0.25) is 0 Å². The van der Waals surface area contributed by atoms with Crippen LogP contribution in [-0.2, 0) is 0 Å². The quantitative estimate of drug-likeness (QED) is 0.819. The number of halogens is 2. The van der Waals surface area contributed by atoms with Gasteiger partial charge in [-0.05, 0) is 25.1 Å². The highest BCUT2D eigenvalue weighted by molar-refractivity contribution is 8.14. The lowest BCUT2D eigenvalue weighted by Crippen LogP contribution is -2.05. The lowest BCUT2D eigenvalue weighted by Gasteiger charge is -2.06. The summed E-state index contributed by atoms with van der Waals surface area (Å²) >= 11 is 7.52. The third kappa shape index (κ3) is 2.63. The van der Waals surface area contributed by atoms with Crippen molar-refractivity contribution >= 4 is 34.2 Å². The molecule has 0 spiro atoms. The maximum absolute atomic E-state index is 12.8. The van der Waals surface area contributed by atoms with E-state index in [0.717, 1.165) is 10.9 Å². The zero-order valence-electron chi connectivity index (χ0n) is 8.13. The zero-order valence-corrected chi connectivity index (χ0v) is 9.70. The van der Waals surface area contributed by atoms with Gasteiger partial charge in [-0.2, -0.15) is 0 Å². The molecule has 1 atom stereocenters. The van der Waals surface area contributed by atoms with Gasteiger partial charge in [-0.15, -0.1) is 0 Å². The van der Waals surface area contributed by atoms with Gasteiger partial charge in [0.1, 0.15) is 5.82 Å². The van der Waals surface area contributed by atoms with Crippen LogP contribution in [-0.4, -0.2) is 17.0 Å². The Balaban J connectivity index is 2.14.